The Hall–Kier alpha value is -1.61. The van der Waals surface area contributed by atoms with Gasteiger partial charge in [-0.25, -0.2) is 0 Å². The van der Waals surface area contributed by atoms with Crippen molar-refractivity contribution in [2.75, 3.05) is 6.61 Å². The van der Waals surface area contributed by atoms with E-state index < -0.39 is 37.1 Å². The van der Waals surface area contributed by atoms with Crippen LogP contribution in [0.3, 0.4) is 0 Å². The molecule has 1 aliphatic rings. The fourth-order valence-electron chi connectivity index (χ4n) is 3.49. The second-order valence-electron chi connectivity index (χ2n) is 7.89. The number of aliphatic hydroxyl groups excluding tert-OH is 4. The normalized spacial score (nSPS) is 27.4. The maximum absolute atomic E-state index is 10.4. The Morgan fingerprint density at radius 1 is 1.00 bits per heavy atom. The zero-order valence-corrected chi connectivity index (χ0v) is 17.2. The average Bonchev–Trinajstić information content (AvgIpc) is 2.69. The molecule has 0 saturated carbocycles. The molecule has 1 fully saturated rings. The third-order valence-corrected chi connectivity index (χ3v) is 5.42. The van der Waals surface area contributed by atoms with Gasteiger partial charge in [-0.2, -0.15) is 10.2 Å². The van der Waals surface area contributed by atoms with E-state index in [4.69, 9.17) is 16.3 Å². The molecular formula is C21H27ClN2O5. The summed E-state index contributed by atoms with van der Waals surface area (Å²) in [4.78, 5) is 0. The predicted octanol–water partition coefficient (Wildman–Crippen LogP) is 1.43. The highest BCUT2D eigenvalue weighted by atomic mass is 35.5. The SMILES string of the molecule is CC(C)Cc1ccc(Cc2cc(C3OC(CO)C(O)C(O)C3O)ccc2Cl)nn1. The van der Waals surface area contributed by atoms with E-state index in [0.717, 1.165) is 23.4 Å². The number of hydrogen-bond acceptors (Lipinski definition) is 7. The Balaban J connectivity index is 1.81. The number of aliphatic hydroxyl groups is 4. The van der Waals surface area contributed by atoms with Crippen LogP contribution in [0.1, 0.15) is 42.5 Å². The van der Waals surface area contributed by atoms with Gasteiger partial charge in [0, 0.05) is 11.4 Å². The number of rotatable bonds is 6. The van der Waals surface area contributed by atoms with Gasteiger partial charge in [-0.15, -0.1) is 0 Å². The van der Waals surface area contributed by atoms with Crippen LogP contribution in [0.5, 0.6) is 0 Å². The third-order valence-electron chi connectivity index (χ3n) is 5.05. The summed E-state index contributed by atoms with van der Waals surface area (Å²) >= 11 is 6.35. The van der Waals surface area contributed by atoms with Crippen molar-refractivity contribution in [2.45, 2.75) is 57.2 Å². The smallest absolute Gasteiger partial charge is 0.113 e. The number of ether oxygens (including phenoxy) is 1. The van der Waals surface area contributed by atoms with Crippen LogP contribution in [-0.4, -0.2) is 61.6 Å². The van der Waals surface area contributed by atoms with Gasteiger partial charge in [0.1, 0.15) is 30.5 Å². The third kappa shape index (κ3) is 5.12. The first-order chi connectivity index (χ1) is 13.8. The summed E-state index contributed by atoms with van der Waals surface area (Å²) in [6.45, 7) is 3.78. The minimum absolute atomic E-state index is 0.444. The number of halogens is 1. The molecule has 0 spiro atoms. The Kier molecular flexibility index (Phi) is 7.21. The zero-order valence-electron chi connectivity index (χ0n) is 16.4. The highest BCUT2D eigenvalue weighted by Crippen LogP contribution is 2.34. The number of nitrogens with zero attached hydrogens (tertiary/aromatic N) is 2. The molecule has 4 N–H and O–H groups in total. The lowest BCUT2D eigenvalue weighted by molar-refractivity contribution is -0.231. The van der Waals surface area contributed by atoms with Crippen molar-refractivity contribution in [3.05, 3.63) is 57.9 Å². The standard InChI is InChI=1S/C21H27ClN2O5/c1-11(2)7-14-4-5-15(24-23-14)9-13-8-12(3-6-16(13)22)21-20(28)19(27)18(26)17(10-25)29-21/h3-6,8,11,17-21,25-28H,7,9-10H2,1-2H3. The van der Waals surface area contributed by atoms with Crippen molar-refractivity contribution in [2.24, 2.45) is 5.92 Å². The molecule has 2 aromatic rings. The topological polar surface area (TPSA) is 116 Å². The molecule has 1 aromatic carbocycles. The predicted molar refractivity (Wildman–Crippen MR) is 108 cm³/mol. The van der Waals surface area contributed by atoms with E-state index in [1.165, 1.54) is 0 Å². The second-order valence-corrected chi connectivity index (χ2v) is 8.30. The highest BCUT2D eigenvalue weighted by Gasteiger charge is 2.44. The second kappa shape index (κ2) is 9.47. The maximum atomic E-state index is 10.4. The van der Waals surface area contributed by atoms with Crippen LogP contribution in [0.15, 0.2) is 30.3 Å². The average molecular weight is 423 g/mol. The summed E-state index contributed by atoms with van der Waals surface area (Å²) in [5.41, 5.74) is 3.05. The molecule has 8 heteroatoms. The molecule has 5 unspecified atom stereocenters. The van der Waals surface area contributed by atoms with E-state index in [2.05, 4.69) is 24.0 Å². The van der Waals surface area contributed by atoms with E-state index in [0.29, 0.717) is 22.9 Å². The quantitative estimate of drug-likeness (QED) is 0.556. The molecule has 0 amide bonds. The fourth-order valence-corrected chi connectivity index (χ4v) is 3.67. The molecule has 3 rings (SSSR count). The molecule has 5 atom stereocenters. The van der Waals surface area contributed by atoms with Gasteiger partial charge in [0.15, 0.2) is 0 Å². The first-order valence-corrected chi connectivity index (χ1v) is 10.1. The van der Waals surface area contributed by atoms with Gasteiger partial charge in [0.25, 0.3) is 0 Å². The van der Waals surface area contributed by atoms with Crippen LogP contribution in [0.4, 0.5) is 0 Å². The molecule has 1 saturated heterocycles. The molecule has 0 radical (unpaired) electrons. The van der Waals surface area contributed by atoms with Gasteiger partial charge >= 0.3 is 0 Å². The van der Waals surface area contributed by atoms with Crippen molar-refractivity contribution in [1.29, 1.82) is 0 Å². The fraction of sp³-hybridized carbons (Fsp3) is 0.524. The van der Waals surface area contributed by atoms with Gasteiger partial charge in [-0.05, 0) is 41.7 Å². The minimum Gasteiger partial charge on any atom is -0.394 e. The van der Waals surface area contributed by atoms with E-state index in [-0.39, 0.29) is 0 Å². The highest BCUT2D eigenvalue weighted by molar-refractivity contribution is 6.31. The first-order valence-electron chi connectivity index (χ1n) is 9.70. The molecule has 7 nitrogen and oxygen atoms in total. The number of hydrogen-bond donors (Lipinski definition) is 4. The van der Waals surface area contributed by atoms with Crippen molar-refractivity contribution in [1.82, 2.24) is 10.2 Å². The van der Waals surface area contributed by atoms with Crippen LogP contribution in [0, 0.1) is 5.92 Å². The van der Waals surface area contributed by atoms with Crippen LogP contribution in [-0.2, 0) is 17.6 Å². The summed E-state index contributed by atoms with van der Waals surface area (Å²) in [7, 11) is 0. The summed E-state index contributed by atoms with van der Waals surface area (Å²) in [5.74, 6) is 0.500. The van der Waals surface area contributed by atoms with Crippen LogP contribution in [0.25, 0.3) is 0 Å². The number of aromatic nitrogens is 2. The molecule has 158 valence electrons. The van der Waals surface area contributed by atoms with E-state index in [1.807, 2.05) is 12.1 Å². The number of benzene rings is 1. The summed E-state index contributed by atoms with van der Waals surface area (Å²) < 4.78 is 5.63. The van der Waals surface area contributed by atoms with Crippen LogP contribution >= 0.6 is 11.6 Å². The Morgan fingerprint density at radius 3 is 2.31 bits per heavy atom. The molecule has 29 heavy (non-hydrogen) atoms. The van der Waals surface area contributed by atoms with Crippen LogP contribution in [0.2, 0.25) is 5.02 Å². The molecule has 2 heterocycles. The van der Waals surface area contributed by atoms with Gasteiger partial charge in [-0.1, -0.05) is 37.6 Å². The summed E-state index contributed by atoms with van der Waals surface area (Å²) in [5, 5.41) is 48.8. The lowest BCUT2D eigenvalue weighted by Gasteiger charge is -2.40. The lowest BCUT2D eigenvalue weighted by Crippen LogP contribution is -2.55. The van der Waals surface area contributed by atoms with Crippen molar-refractivity contribution < 1.29 is 25.2 Å². The van der Waals surface area contributed by atoms with Gasteiger partial charge in [0.05, 0.1) is 18.0 Å². The molecule has 1 aliphatic heterocycles. The van der Waals surface area contributed by atoms with Gasteiger partial charge in [-0.3, -0.25) is 0 Å². The molecule has 1 aromatic heterocycles. The maximum Gasteiger partial charge on any atom is 0.113 e. The molecule has 0 bridgehead atoms. The van der Waals surface area contributed by atoms with Gasteiger partial charge in [0.2, 0.25) is 0 Å². The monoisotopic (exact) mass is 422 g/mol. The van der Waals surface area contributed by atoms with Crippen molar-refractivity contribution in [3.8, 4) is 0 Å². The van der Waals surface area contributed by atoms with E-state index in [9.17, 15) is 20.4 Å². The summed E-state index contributed by atoms with van der Waals surface area (Å²) in [6.07, 6.45) is -4.71. The molecule has 0 aliphatic carbocycles. The van der Waals surface area contributed by atoms with Gasteiger partial charge < -0.3 is 25.2 Å². The first kappa shape index (κ1) is 22.1. The van der Waals surface area contributed by atoms with Crippen molar-refractivity contribution in [3.63, 3.8) is 0 Å². The Labute approximate surface area is 174 Å². The Bertz CT molecular complexity index is 815. The Morgan fingerprint density at radius 2 is 1.69 bits per heavy atom. The molecular weight excluding hydrogens is 396 g/mol. The van der Waals surface area contributed by atoms with E-state index in [1.54, 1.807) is 18.2 Å². The zero-order chi connectivity index (χ0) is 21.1. The summed E-state index contributed by atoms with van der Waals surface area (Å²) in [6, 6.07) is 9.03. The van der Waals surface area contributed by atoms with E-state index >= 15 is 0 Å². The van der Waals surface area contributed by atoms with Crippen LogP contribution < -0.4 is 0 Å². The minimum atomic E-state index is -1.43. The lowest BCUT2D eigenvalue weighted by atomic mass is 9.90. The van der Waals surface area contributed by atoms with Crippen molar-refractivity contribution >= 4 is 11.6 Å². The largest absolute Gasteiger partial charge is 0.394 e.